The van der Waals surface area contributed by atoms with Gasteiger partial charge in [-0.05, 0) is 42.5 Å². The van der Waals surface area contributed by atoms with Crippen molar-refractivity contribution in [3.63, 3.8) is 0 Å². The highest BCUT2D eigenvalue weighted by molar-refractivity contribution is 9.10. The van der Waals surface area contributed by atoms with E-state index in [2.05, 4.69) is 52.3 Å². The maximum Gasteiger partial charge on any atom is 0.0585 e. The monoisotopic (exact) mass is 322 g/mol. The smallest absolute Gasteiger partial charge is 0.0585 e. The quantitative estimate of drug-likeness (QED) is 0.614. The van der Waals surface area contributed by atoms with Crippen molar-refractivity contribution in [2.75, 3.05) is 0 Å². The highest BCUT2D eigenvalue weighted by Gasteiger charge is 2.06. The number of alkyl halides is 1. The molecule has 0 N–H and O–H groups in total. The molecule has 94 valence electrons. The first kappa shape index (κ1) is 13.6. The summed E-state index contributed by atoms with van der Waals surface area (Å²) in [5, 5.41) is 0.123. The van der Waals surface area contributed by atoms with Gasteiger partial charge in [-0.25, -0.2) is 0 Å². The van der Waals surface area contributed by atoms with E-state index in [1.165, 1.54) is 11.1 Å². The first-order valence-corrected chi connectivity index (χ1v) is 7.42. The molecule has 0 saturated heterocycles. The lowest BCUT2D eigenvalue weighted by atomic mass is 10.0. The van der Waals surface area contributed by atoms with Crippen LogP contribution in [-0.4, -0.2) is 0 Å². The third-order valence-corrected chi connectivity index (χ3v) is 3.94. The lowest BCUT2D eigenvalue weighted by Crippen LogP contribution is -1.92. The molecule has 0 fully saturated rings. The SMILES string of the molecule is ClC(CCCc1cccc(Br)c1)c1ccccc1. The Kier molecular flexibility index (Phi) is 5.27. The molecule has 0 aliphatic heterocycles. The van der Waals surface area contributed by atoms with Crippen LogP contribution in [0.25, 0.3) is 0 Å². The van der Waals surface area contributed by atoms with E-state index in [4.69, 9.17) is 11.6 Å². The van der Waals surface area contributed by atoms with E-state index in [1.54, 1.807) is 0 Å². The Labute approximate surface area is 122 Å². The number of aryl methyl sites for hydroxylation is 1. The molecule has 0 amide bonds. The van der Waals surface area contributed by atoms with Crippen LogP contribution in [0.2, 0.25) is 0 Å². The Balaban J connectivity index is 1.82. The van der Waals surface area contributed by atoms with Crippen molar-refractivity contribution >= 4 is 27.5 Å². The van der Waals surface area contributed by atoms with Gasteiger partial charge in [0.2, 0.25) is 0 Å². The normalized spacial score (nSPS) is 12.3. The van der Waals surface area contributed by atoms with Crippen molar-refractivity contribution in [1.29, 1.82) is 0 Å². The molecule has 0 heterocycles. The minimum absolute atomic E-state index is 0.123. The fraction of sp³-hybridized carbons (Fsp3) is 0.250. The molecular weight excluding hydrogens is 308 g/mol. The molecule has 1 unspecified atom stereocenters. The van der Waals surface area contributed by atoms with E-state index < -0.39 is 0 Å². The van der Waals surface area contributed by atoms with Crippen LogP contribution in [0.3, 0.4) is 0 Å². The van der Waals surface area contributed by atoms with Crippen LogP contribution in [0.1, 0.15) is 29.3 Å². The van der Waals surface area contributed by atoms with Crippen molar-refractivity contribution in [1.82, 2.24) is 0 Å². The third-order valence-electron chi connectivity index (χ3n) is 2.97. The van der Waals surface area contributed by atoms with Crippen LogP contribution in [0, 0.1) is 0 Å². The van der Waals surface area contributed by atoms with Gasteiger partial charge in [0.05, 0.1) is 5.38 Å². The van der Waals surface area contributed by atoms with Crippen molar-refractivity contribution < 1.29 is 0 Å². The molecule has 0 radical (unpaired) electrons. The van der Waals surface area contributed by atoms with Gasteiger partial charge in [0, 0.05) is 4.47 Å². The minimum atomic E-state index is 0.123. The Hall–Kier alpha value is -0.790. The Morgan fingerprint density at radius 1 is 1.00 bits per heavy atom. The van der Waals surface area contributed by atoms with Crippen molar-refractivity contribution in [2.45, 2.75) is 24.6 Å². The molecule has 0 aliphatic carbocycles. The van der Waals surface area contributed by atoms with Crippen molar-refractivity contribution in [3.05, 3.63) is 70.2 Å². The van der Waals surface area contributed by atoms with Gasteiger partial charge in [-0.1, -0.05) is 58.4 Å². The second-order valence-electron chi connectivity index (χ2n) is 4.40. The van der Waals surface area contributed by atoms with Crippen LogP contribution in [0.15, 0.2) is 59.1 Å². The van der Waals surface area contributed by atoms with Crippen LogP contribution in [-0.2, 0) is 6.42 Å². The standard InChI is InChI=1S/C16H16BrCl/c17-15-10-4-6-13(12-15)7-5-11-16(18)14-8-2-1-3-9-14/h1-4,6,8-10,12,16H,5,7,11H2. The van der Waals surface area contributed by atoms with E-state index in [0.29, 0.717) is 0 Å². The predicted octanol–water partition coefficient (Wildman–Crippen LogP) is 5.75. The Morgan fingerprint density at radius 2 is 1.78 bits per heavy atom. The Morgan fingerprint density at radius 3 is 2.50 bits per heavy atom. The second kappa shape index (κ2) is 6.96. The highest BCUT2D eigenvalue weighted by Crippen LogP contribution is 2.26. The molecule has 0 aromatic heterocycles. The lowest BCUT2D eigenvalue weighted by molar-refractivity contribution is 0.716. The summed E-state index contributed by atoms with van der Waals surface area (Å²) < 4.78 is 1.14. The lowest BCUT2D eigenvalue weighted by Gasteiger charge is -2.09. The minimum Gasteiger partial charge on any atom is -0.118 e. The number of rotatable bonds is 5. The van der Waals surface area contributed by atoms with Crippen molar-refractivity contribution in [3.8, 4) is 0 Å². The molecule has 0 saturated carbocycles. The molecule has 1 atom stereocenters. The zero-order chi connectivity index (χ0) is 12.8. The summed E-state index contributed by atoms with van der Waals surface area (Å²) >= 11 is 9.89. The second-order valence-corrected chi connectivity index (χ2v) is 5.84. The molecule has 2 heteroatoms. The van der Waals surface area contributed by atoms with Gasteiger partial charge in [0.15, 0.2) is 0 Å². The molecule has 0 spiro atoms. The van der Waals surface area contributed by atoms with Gasteiger partial charge in [0.25, 0.3) is 0 Å². The molecule has 2 aromatic carbocycles. The fourth-order valence-corrected chi connectivity index (χ4v) is 2.75. The molecule has 18 heavy (non-hydrogen) atoms. The third kappa shape index (κ3) is 4.15. The topological polar surface area (TPSA) is 0 Å². The van der Waals surface area contributed by atoms with Gasteiger partial charge in [0.1, 0.15) is 0 Å². The van der Waals surface area contributed by atoms with Gasteiger partial charge in [-0.3, -0.25) is 0 Å². The summed E-state index contributed by atoms with van der Waals surface area (Å²) in [6, 6.07) is 18.8. The number of halogens is 2. The Bertz CT molecular complexity index is 481. The summed E-state index contributed by atoms with van der Waals surface area (Å²) in [4.78, 5) is 0. The van der Waals surface area contributed by atoms with Crippen LogP contribution in [0.4, 0.5) is 0 Å². The summed E-state index contributed by atoms with van der Waals surface area (Å²) in [5.74, 6) is 0. The van der Waals surface area contributed by atoms with E-state index in [0.717, 1.165) is 23.7 Å². The van der Waals surface area contributed by atoms with E-state index >= 15 is 0 Å². The van der Waals surface area contributed by atoms with Gasteiger partial charge >= 0.3 is 0 Å². The maximum atomic E-state index is 6.39. The summed E-state index contributed by atoms with van der Waals surface area (Å²) in [7, 11) is 0. The number of benzene rings is 2. The summed E-state index contributed by atoms with van der Waals surface area (Å²) in [6.07, 6.45) is 3.20. The van der Waals surface area contributed by atoms with Crippen LogP contribution >= 0.6 is 27.5 Å². The van der Waals surface area contributed by atoms with Gasteiger partial charge < -0.3 is 0 Å². The average Bonchev–Trinajstić information content (AvgIpc) is 2.40. The number of hydrogen-bond acceptors (Lipinski definition) is 0. The fourth-order valence-electron chi connectivity index (χ4n) is 2.01. The zero-order valence-corrected chi connectivity index (χ0v) is 12.5. The van der Waals surface area contributed by atoms with Gasteiger partial charge in [-0.2, -0.15) is 0 Å². The zero-order valence-electron chi connectivity index (χ0n) is 10.2. The molecule has 0 aliphatic rings. The first-order valence-electron chi connectivity index (χ1n) is 6.19. The van der Waals surface area contributed by atoms with Crippen LogP contribution < -0.4 is 0 Å². The number of hydrogen-bond donors (Lipinski definition) is 0. The summed E-state index contributed by atoms with van der Waals surface area (Å²) in [6.45, 7) is 0. The molecular formula is C16H16BrCl. The molecule has 0 bridgehead atoms. The van der Waals surface area contributed by atoms with E-state index in [-0.39, 0.29) is 5.38 Å². The van der Waals surface area contributed by atoms with Crippen LogP contribution in [0.5, 0.6) is 0 Å². The highest BCUT2D eigenvalue weighted by atomic mass is 79.9. The predicted molar refractivity (Wildman–Crippen MR) is 82.1 cm³/mol. The maximum absolute atomic E-state index is 6.39. The molecule has 2 aromatic rings. The van der Waals surface area contributed by atoms with Gasteiger partial charge in [-0.15, -0.1) is 11.6 Å². The first-order chi connectivity index (χ1) is 8.75. The average molecular weight is 324 g/mol. The largest absolute Gasteiger partial charge is 0.118 e. The molecule has 2 rings (SSSR count). The molecule has 0 nitrogen and oxygen atoms in total. The van der Waals surface area contributed by atoms with Crippen molar-refractivity contribution in [2.24, 2.45) is 0 Å². The van der Waals surface area contributed by atoms with E-state index in [1.807, 2.05) is 18.2 Å². The van der Waals surface area contributed by atoms with E-state index in [9.17, 15) is 0 Å². The summed E-state index contributed by atoms with van der Waals surface area (Å²) in [5.41, 5.74) is 2.58.